The number of halogens is 1. The molecule has 142 valence electrons. The van der Waals surface area contributed by atoms with Gasteiger partial charge in [0, 0.05) is 29.6 Å². The van der Waals surface area contributed by atoms with Crippen molar-refractivity contribution in [1.29, 1.82) is 0 Å². The fraction of sp³-hybridized carbons (Fsp3) is 0.143. The van der Waals surface area contributed by atoms with Crippen molar-refractivity contribution in [1.82, 2.24) is 4.98 Å². The molecule has 0 unspecified atom stereocenters. The fourth-order valence-corrected chi connectivity index (χ4v) is 2.97. The number of nitrogens with zero attached hydrogens (tertiary/aromatic N) is 1. The SMILES string of the molecule is Cc1ccc(NC(=O)c2cncc(NCc3ccc4c(c3)OCO4)c2)cc1Cl. The van der Waals surface area contributed by atoms with Crippen LogP contribution in [0.5, 0.6) is 11.5 Å². The highest BCUT2D eigenvalue weighted by molar-refractivity contribution is 6.31. The van der Waals surface area contributed by atoms with Crippen LogP contribution in [-0.2, 0) is 6.54 Å². The Bertz CT molecular complexity index is 1040. The van der Waals surface area contributed by atoms with Crippen LogP contribution in [0.3, 0.4) is 0 Å². The average molecular weight is 396 g/mol. The third kappa shape index (κ3) is 4.02. The number of aromatic nitrogens is 1. The number of hydrogen-bond acceptors (Lipinski definition) is 5. The number of hydrogen-bond donors (Lipinski definition) is 2. The molecule has 1 amide bonds. The lowest BCUT2D eigenvalue weighted by Gasteiger charge is -2.10. The Hall–Kier alpha value is -3.25. The maximum absolute atomic E-state index is 12.5. The Morgan fingerprint density at radius 2 is 1.93 bits per heavy atom. The summed E-state index contributed by atoms with van der Waals surface area (Å²) in [6.07, 6.45) is 3.20. The standard InChI is InChI=1S/C21H18ClN3O3/c1-13-2-4-16(8-18(13)22)25-21(26)15-7-17(11-23-10-15)24-9-14-3-5-19-20(6-14)28-12-27-19/h2-8,10-11,24H,9,12H2,1H3,(H,25,26). The van der Waals surface area contributed by atoms with Gasteiger partial charge in [-0.15, -0.1) is 0 Å². The molecule has 4 rings (SSSR count). The van der Waals surface area contributed by atoms with Gasteiger partial charge in [0.05, 0.1) is 11.3 Å². The number of rotatable bonds is 5. The van der Waals surface area contributed by atoms with Crippen molar-refractivity contribution in [3.8, 4) is 11.5 Å². The molecule has 0 aliphatic carbocycles. The average Bonchev–Trinajstić information content (AvgIpc) is 3.17. The summed E-state index contributed by atoms with van der Waals surface area (Å²) >= 11 is 6.11. The van der Waals surface area contributed by atoms with Crippen LogP contribution in [0.2, 0.25) is 5.02 Å². The van der Waals surface area contributed by atoms with Crippen LogP contribution in [0, 0.1) is 6.92 Å². The minimum atomic E-state index is -0.251. The lowest BCUT2D eigenvalue weighted by Crippen LogP contribution is -2.13. The molecule has 2 aromatic carbocycles. The van der Waals surface area contributed by atoms with Crippen LogP contribution in [0.4, 0.5) is 11.4 Å². The summed E-state index contributed by atoms with van der Waals surface area (Å²) in [6.45, 7) is 2.73. The van der Waals surface area contributed by atoms with E-state index >= 15 is 0 Å². The minimum absolute atomic E-state index is 0.249. The molecule has 0 saturated heterocycles. The van der Waals surface area contributed by atoms with Gasteiger partial charge in [0.2, 0.25) is 6.79 Å². The summed E-state index contributed by atoms with van der Waals surface area (Å²) in [5, 5.41) is 6.71. The predicted molar refractivity (Wildman–Crippen MR) is 108 cm³/mol. The summed E-state index contributed by atoms with van der Waals surface area (Å²) in [5.41, 5.74) is 3.82. The lowest BCUT2D eigenvalue weighted by atomic mass is 10.2. The molecule has 1 aromatic heterocycles. The second kappa shape index (κ2) is 7.78. The molecular weight excluding hydrogens is 378 g/mol. The van der Waals surface area contributed by atoms with E-state index in [2.05, 4.69) is 15.6 Å². The van der Waals surface area contributed by atoms with E-state index in [0.717, 1.165) is 28.3 Å². The van der Waals surface area contributed by atoms with Gasteiger partial charge in [0.25, 0.3) is 5.91 Å². The van der Waals surface area contributed by atoms with Crippen LogP contribution >= 0.6 is 11.6 Å². The van der Waals surface area contributed by atoms with E-state index in [-0.39, 0.29) is 12.7 Å². The number of carbonyl (C=O) groups is 1. The van der Waals surface area contributed by atoms with Crippen molar-refractivity contribution in [2.24, 2.45) is 0 Å². The van der Waals surface area contributed by atoms with Gasteiger partial charge in [-0.25, -0.2) is 0 Å². The van der Waals surface area contributed by atoms with E-state index in [1.165, 1.54) is 6.20 Å². The van der Waals surface area contributed by atoms with Gasteiger partial charge in [-0.1, -0.05) is 23.7 Å². The third-order valence-corrected chi connectivity index (χ3v) is 4.77. The van der Waals surface area contributed by atoms with Crippen LogP contribution < -0.4 is 20.1 Å². The van der Waals surface area contributed by atoms with Gasteiger partial charge in [-0.2, -0.15) is 0 Å². The first kappa shape index (κ1) is 18.1. The zero-order valence-corrected chi connectivity index (χ0v) is 15.9. The molecule has 0 atom stereocenters. The molecule has 0 radical (unpaired) electrons. The van der Waals surface area contributed by atoms with Crippen molar-refractivity contribution in [2.75, 3.05) is 17.4 Å². The molecule has 1 aliphatic rings. The monoisotopic (exact) mass is 395 g/mol. The second-order valence-corrected chi connectivity index (χ2v) is 6.83. The maximum Gasteiger partial charge on any atom is 0.257 e. The summed E-state index contributed by atoms with van der Waals surface area (Å²) in [4.78, 5) is 16.7. The largest absolute Gasteiger partial charge is 0.454 e. The van der Waals surface area contributed by atoms with Gasteiger partial charge in [-0.3, -0.25) is 9.78 Å². The highest BCUT2D eigenvalue weighted by Crippen LogP contribution is 2.32. The Balaban J connectivity index is 1.42. The summed E-state index contributed by atoms with van der Waals surface area (Å²) in [6, 6.07) is 12.9. The van der Waals surface area contributed by atoms with E-state index in [9.17, 15) is 4.79 Å². The topological polar surface area (TPSA) is 72.5 Å². The first-order valence-corrected chi connectivity index (χ1v) is 9.11. The number of ether oxygens (including phenoxy) is 2. The normalized spacial score (nSPS) is 11.9. The van der Waals surface area contributed by atoms with Gasteiger partial charge in [-0.05, 0) is 48.4 Å². The number of benzene rings is 2. The molecule has 0 bridgehead atoms. The number of nitrogens with one attached hydrogen (secondary N) is 2. The zero-order chi connectivity index (χ0) is 19.5. The highest BCUT2D eigenvalue weighted by Gasteiger charge is 2.13. The van der Waals surface area contributed by atoms with E-state index in [0.29, 0.717) is 22.8 Å². The van der Waals surface area contributed by atoms with Crippen molar-refractivity contribution in [3.63, 3.8) is 0 Å². The van der Waals surface area contributed by atoms with Crippen LogP contribution in [0.15, 0.2) is 54.9 Å². The number of fused-ring (bicyclic) bond motifs is 1. The molecule has 1 aliphatic heterocycles. The molecule has 0 saturated carbocycles. The molecular formula is C21H18ClN3O3. The van der Waals surface area contributed by atoms with E-state index < -0.39 is 0 Å². The molecule has 28 heavy (non-hydrogen) atoms. The molecule has 6 nitrogen and oxygen atoms in total. The minimum Gasteiger partial charge on any atom is -0.454 e. The molecule has 0 spiro atoms. The Kier molecular flexibility index (Phi) is 5.04. The Morgan fingerprint density at radius 3 is 2.79 bits per heavy atom. The Labute approximate surface area is 167 Å². The van der Waals surface area contributed by atoms with E-state index in [1.54, 1.807) is 18.3 Å². The molecule has 2 heterocycles. The number of pyridine rings is 1. The molecule has 7 heteroatoms. The number of carbonyl (C=O) groups excluding carboxylic acids is 1. The summed E-state index contributed by atoms with van der Waals surface area (Å²) < 4.78 is 10.7. The number of anilines is 2. The predicted octanol–water partition coefficient (Wildman–Crippen LogP) is 4.64. The smallest absolute Gasteiger partial charge is 0.257 e. The molecule has 3 aromatic rings. The molecule has 0 fully saturated rings. The Morgan fingerprint density at radius 1 is 1.07 bits per heavy atom. The van der Waals surface area contributed by atoms with Crippen LogP contribution in [0.25, 0.3) is 0 Å². The van der Waals surface area contributed by atoms with E-state index in [1.807, 2.05) is 37.3 Å². The van der Waals surface area contributed by atoms with Gasteiger partial charge in [0.15, 0.2) is 11.5 Å². The fourth-order valence-electron chi connectivity index (χ4n) is 2.79. The lowest BCUT2D eigenvalue weighted by molar-refractivity contribution is 0.102. The first-order chi connectivity index (χ1) is 13.6. The summed E-state index contributed by atoms with van der Waals surface area (Å²) in [7, 11) is 0. The van der Waals surface area contributed by atoms with Crippen LogP contribution in [-0.4, -0.2) is 17.7 Å². The van der Waals surface area contributed by atoms with Crippen LogP contribution in [0.1, 0.15) is 21.5 Å². The van der Waals surface area contributed by atoms with Gasteiger partial charge in [0.1, 0.15) is 0 Å². The zero-order valence-electron chi connectivity index (χ0n) is 15.2. The van der Waals surface area contributed by atoms with Gasteiger partial charge < -0.3 is 20.1 Å². The van der Waals surface area contributed by atoms with Gasteiger partial charge >= 0.3 is 0 Å². The van der Waals surface area contributed by atoms with Crippen molar-refractivity contribution in [2.45, 2.75) is 13.5 Å². The second-order valence-electron chi connectivity index (χ2n) is 6.42. The molecule has 2 N–H and O–H groups in total. The number of amides is 1. The van der Waals surface area contributed by atoms with Crippen molar-refractivity contribution < 1.29 is 14.3 Å². The maximum atomic E-state index is 12.5. The summed E-state index contributed by atoms with van der Waals surface area (Å²) in [5.74, 6) is 1.24. The van der Waals surface area contributed by atoms with Crippen molar-refractivity contribution >= 4 is 28.9 Å². The van der Waals surface area contributed by atoms with E-state index in [4.69, 9.17) is 21.1 Å². The highest BCUT2D eigenvalue weighted by atomic mass is 35.5. The third-order valence-electron chi connectivity index (χ3n) is 4.36. The first-order valence-electron chi connectivity index (χ1n) is 8.73. The quantitative estimate of drug-likeness (QED) is 0.658. The number of aryl methyl sites for hydroxylation is 1. The van der Waals surface area contributed by atoms with Crippen molar-refractivity contribution in [3.05, 3.63) is 76.6 Å².